The molecular weight excluding hydrogens is 392 g/mol. The second-order valence-corrected chi connectivity index (χ2v) is 7.15. The van der Waals surface area contributed by atoms with Gasteiger partial charge in [0.1, 0.15) is 5.75 Å². The van der Waals surface area contributed by atoms with Crippen LogP contribution in [-0.2, 0) is 4.79 Å². The van der Waals surface area contributed by atoms with Crippen molar-refractivity contribution in [2.75, 3.05) is 6.61 Å². The van der Waals surface area contributed by atoms with Gasteiger partial charge in [0, 0.05) is 17.3 Å². The summed E-state index contributed by atoms with van der Waals surface area (Å²) in [4.78, 5) is 20.8. The van der Waals surface area contributed by atoms with Gasteiger partial charge in [-0.25, -0.2) is 0 Å². The largest absolute Gasteiger partial charge is 0.484 e. The summed E-state index contributed by atoms with van der Waals surface area (Å²) in [7, 11) is 0. The maximum Gasteiger partial charge on any atom is 0.258 e. The molecule has 4 rings (SSSR count). The molecule has 0 saturated heterocycles. The summed E-state index contributed by atoms with van der Waals surface area (Å²) in [5.74, 6) is 1.31. The quantitative estimate of drug-likeness (QED) is 0.483. The second kappa shape index (κ2) is 9.21. The highest BCUT2D eigenvalue weighted by Crippen LogP contribution is 2.24. The molecule has 156 valence electrons. The fourth-order valence-electron chi connectivity index (χ4n) is 2.99. The number of nitrogens with zero attached hydrogens (tertiary/aromatic N) is 3. The van der Waals surface area contributed by atoms with Crippen molar-refractivity contribution < 1.29 is 14.1 Å². The average molecular weight is 414 g/mol. The summed E-state index contributed by atoms with van der Waals surface area (Å²) in [5, 5.41) is 6.92. The molecule has 2 aromatic heterocycles. The summed E-state index contributed by atoms with van der Waals surface area (Å²) >= 11 is 0. The van der Waals surface area contributed by atoms with Gasteiger partial charge in [-0.15, -0.1) is 0 Å². The summed E-state index contributed by atoms with van der Waals surface area (Å²) in [5.41, 5.74) is 3.63. The predicted octanol–water partition coefficient (Wildman–Crippen LogP) is 4.36. The van der Waals surface area contributed by atoms with Gasteiger partial charge in [0.05, 0.1) is 11.7 Å². The van der Waals surface area contributed by atoms with Gasteiger partial charge in [-0.1, -0.05) is 41.1 Å². The molecular formula is C24H22N4O3. The molecule has 0 fully saturated rings. The summed E-state index contributed by atoms with van der Waals surface area (Å²) in [6.07, 6.45) is 1.70. The van der Waals surface area contributed by atoms with Gasteiger partial charge in [0.25, 0.3) is 11.8 Å². The van der Waals surface area contributed by atoms with Gasteiger partial charge < -0.3 is 14.6 Å². The second-order valence-electron chi connectivity index (χ2n) is 7.15. The first-order chi connectivity index (χ1) is 15.1. The molecule has 0 unspecified atom stereocenters. The van der Waals surface area contributed by atoms with Crippen LogP contribution in [0.1, 0.15) is 24.2 Å². The normalized spacial score (nSPS) is 11.7. The Bertz CT molecular complexity index is 1140. The van der Waals surface area contributed by atoms with E-state index in [1.165, 1.54) is 5.56 Å². The molecule has 0 radical (unpaired) electrons. The lowest BCUT2D eigenvalue weighted by molar-refractivity contribution is -0.123. The van der Waals surface area contributed by atoms with Crippen molar-refractivity contribution in [1.82, 2.24) is 20.4 Å². The number of pyridine rings is 1. The molecule has 2 aromatic carbocycles. The minimum atomic E-state index is -0.220. The Morgan fingerprint density at radius 2 is 1.77 bits per heavy atom. The lowest BCUT2D eigenvalue weighted by atomic mass is 10.1. The maximum absolute atomic E-state index is 12.1. The van der Waals surface area contributed by atoms with Crippen LogP contribution >= 0.6 is 0 Å². The van der Waals surface area contributed by atoms with Crippen LogP contribution in [0.15, 0.2) is 77.4 Å². The van der Waals surface area contributed by atoms with Crippen molar-refractivity contribution in [2.24, 2.45) is 0 Å². The molecule has 7 heteroatoms. The molecule has 1 amide bonds. The van der Waals surface area contributed by atoms with Crippen molar-refractivity contribution in [1.29, 1.82) is 0 Å². The molecule has 7 nitrogen and oxygen atoms in total. The number of aromatic nitrogens is 3. The number of rotatable bonds is 7. The third-order valence-electron chi connectivity index (χ3n) is 4.72. The molecule has 1 atom stereocenters. The van der Waals surface area contributed by atoms with E-state index in [1.54, 1.807) is 18.3 Å². The summed E-state index contributed by atoms with van der Waals surface area (Å²) in [6, 6.07) is 20.5. The van der Waals surface area contributed by atoms with Crippen LogP contribution in [0.25, 0.3) is 22.8 Å². The Kier molecular flexibility index (Phi) is 6.03. The number of benzene rings is 2. The number of hydrogen-bond donors (Lipinski definition) is 1. The standard InChI is InChI=1S/C24H22N4O3/c1-16-6-8-18(9-7-16)23-27-24(31-28-23)19-10-12-20(13-11-19)30-15-22(29)26-17(2)21-5-3-4-14-25-21/h3-14,17H,15H2,1-2H3,(H,26,29)/t17-/m0/s1. The van der Waals surface area contributed by atoms with Crippen molar-refractivity contribution in [2.45, 2.75) is 19.9 Å². The van der Waals surface area contributed by atoms with Crippen LogP contribution in [0, 0.1) is 6.92 Å². The number of aryl methyl sites for hydroxylation is 1. The van der Waals surface area contributed by atoms with Gasteiger partial charge in [-0.05, 0) is 50.2 Å². The van der Waals surface area contributed by atoms with Crippen LogP contribution in [0.2, 0.25) is 0 Å². The van der Waals surface area contributed by atoms with E-state index in [0.717, 1.165) is 16.8 Å². The maximum atomic E-state index is 12.1. The topological polar surface area (TPSA) is 90.1 Å². The molecule has 1 N–H and O–H groups in total. The minimum absolute atomic E-state index is 0.0886. The van der Waals surface area contributed by atoms with Crippen molar-refractivity contribution in [3.05, 3.63) is 84.2 Å². The number of hydrogen-bond acceptors (Lipinski definition) is 6. The lowest BCUT2D eigenvalue weighted by Gasteiger charge is -2.13. The van der Waals surface area contributed by atoms with E-state index < -0.39 is 0 Å². The first-order valence-electron chi connectivity index (χ1n) is 9.93. The third kappa shape index (κ3) is 5.14. The van der Waals surface area contributed by atoms with Gasteiger partial charge in [0.15, 0.2) is 6.61 Å². The minimum Gasteiger partial charge on any atom is -0.484 e. The van der Waals surface area contributed by atoms with Gasteiger partial charge in [0.2, 0.25) is 5.82 Å². The first-order valence-corrected chi connectivity index (χ1v) is 9.93. The Hall–Kier alpha value is -4.00. The van der Waals surface area contributed by atoms with E-state index in [2.05, 4.69) is 20.4 Å². The molecule has 2 heterocycles. The summed E-state index contributed by atoms with van der Waals surface area (Å²) in [6.45, 7) is 3.82. The highest BCUT2D eigenvalue weighted by molar-refractivity contribution is 5.78. The zero-order valence-electron chi connectivity index (χ0n) is 17.3. The van der Waals surface area contributed by atoms with Gasteiger partial charge in [-0.2, -0.15) is 4.98 Å². The van der Waals surface area contributed by atoms with Crippen molar-refractivity contribution in [3.63, 3.8) is 0 Å². The van der Waals surface area contributed by atoms with E-state index in [0.29, 0.717) is 17.5 Å². The van der Waals surface area contributed by atoms with Gasteiger partial charge in [-0.3, -0.25) is 9.78 Å². The predicted molar refractivity (Wildman–Crippen MR) is 116 cm³/mol. The monoisotopic (exact) mass is 414 g/mol. The van der Waals surface area contributed by atoms with E-state index in [1.807, 2.05) is 68.4 Å². The SMILES string of the molecule is Cc1ccc(-c2noc(-c3ccc(OCC(=O)N[C@@H](C)c4ccccn4)cc3)n2)cc1. The number of amides is 1. The van der Waals surface area contributed by atoms with E-state index in [9.17, 15) is 4.79 Å². The van der Waals surface area contributed by atoms with Crippen LogP contribution < -0.4 is 10.1 Å². The van der Waals surface area contributed by atoms with Crippen LogP contribution in [0.5, 0.6) is 5.75 Å². The molecule has 31 heavy (non-hydrogen) atoms. The zero-order chi connectivity index (χ0) is 21.6. The van der Waals surface area contributed by atoms with E-state index in [4.69, 9.17) is 9.26 Å². The summed E-state index contributed by atoms with van der Waals surface area (Å²) < 4.78 is 11.0. The van der Waals surface area contributed by atoms with Gasteiger partial charge >= 0.3 is 0 Å². The molecule has 0 aliphatic heterocycles. The molecule has 0 aliphatic rings. The zero-order valence-corrected chi connectivity index (χ0v) is 17.3. The smallest absolute Gasteiger partial charge is 0.258 e. The Morgan fingerprint density at radius 1 is 1.03 bits per heavy atom. The third-order valence-corrected chi connectivity index (χ3v) is 4.72. The molecule has 0 saturated carbocycles. The molecule has 0 spiro atoms. The Morgan fingerprint density at radius 3 is 2.48 bits per heavy atom. The Balaban J connectivity index is 1.33. The molecule has 0 aliphatic carbocycles. The van der Waals surface area contributed by atoms with Crippen LogP contribution in [-0.4, -0.2) is 27.6 Å². The van der Waals surface area contributed by atoms with E-state index >= 15 is 0 Å². The van der Waals surface area contributed by atoms with Crippen molar-refractivity contribution in [3.8, 4) is 28.6 Å². The van der Waals surface area contributed by atoms with Crippen LogP contribution in [0.3, 0.4) is 0 Å². The van der Waals surface area contributed by atoms with E-state index in [-0.39, 0.29) is 18.6 Å². The number of nitrogens with one attached hydrogen (secondary N) is 1. The average Bonchev–Trinajstić information content (AvgIpc) is 3.29. The first kappa shape index (κ1) is 20.3. The van der Waals surface area contributed by atoms with Crippen molar-refractivity contribution >= 4 is 5.91 Å². The molecule has 4 aromatic rings. The Labute approximate surface area is 180 Å². The fraction of sp³-hybridized carbons (Fsp3) is 0.167. The highest BCUT2D eigenvalue weighted by atomic mass is 16.5. The lowest BCUT2D eigenvalue weighted by Crippen LogP contribution is -2.31. The number of ether oxygens (including phenoxy) is 1. The molecule has 0 bridgehead atoms. The fourth-order valence-corrected chi connectivity index (χ4v) is 2.99. The number of carbonyl (C=O) groups excluding carboxylic acids is 1. The highest BCUT2D eigenvalue weighted by Gasteiger charge is 2.12. The van der Waals surface area contributed by atoms with Crippen LogP contribution in [0.4, 0.5) is 0 Å². The number of carbonyl (C=O) groups is 1.